The number of H-pyrrole nitrogens is 3. The highest BCUT2D eigenvalue weighted by Gasteiger charge is 2.20. The highest BCUT2D eigenvalue weighted by molar-refractivity contribution is 6.36. The van der Waals surface area contributed by atoms with Crippen molar-refractivity contribution >= 4 is 55.2 Å². The van der Waals surface area contributed by atoms with E-state index in [2.05, 4.69) is 33.3 Å². The Morgan fingerprint density at radius 2 is 1.63 bits per heavy atom. The van der Waals surface area contributed by atoms with E-state index in [0.717, 1.165) is 66.3 Å². The van der Waals surface area contributed by atoms with Gasteiger partial charge >= 0.3 is 0 Å². The first kappa shape index (κ1) is 30.1. The van der Waals surface area contributed by atoms with Crippen LogP contribution in [0.5, 0.6) is 5.75 Å². The molecule has 10 nitrogen and oxygen atoms in total. The molecule has 4 aromatic carbocycles. The number of halogens is 1. The molecule has 0 saturated carbocycles. The lowest BCUT2D eigenvalue weighted by Crippen LogP contribution is -2.18. The zero-order valence-electron chi connectivity index (χ0n) is 26.9. The Balaban J connectivity index is 1.20. The van der Waals surface area contributed by atoms with Crippen LogP contribution in [0.2, 0.25) is 5.02 Å². The quantitative estimate of drug-likeness (QED) is 0.163. The van der Waals surface area contributed by atoms with Gasteiger partial charge in [0.1, 0.15) is 17.3 Å². The smallest absolute Gasteiger partial charge is 0.274 e. The summed E-state index contributed by atoms with van der Waals surface area (Å²) in [4.78, 5) is 20.0. The molecule has 0 aliphatic carbocycles. The number of nitrogens with one attached hydrogen (secondary N) is 3. The number of hydrogen-bond acceptors (Lipinski definition) is 5. The average molecular weight is 665 g/mol. The highest BCUT2D eigenvalue weighted by Crippen LogP contribution is 2.35. The number of nitriles is 2. The maximum atomic E-state index is 13.3. The molecule has 0 saturated heterocycles. The molecule has 8 aromatic rings. The minimum Gasteiger partial charge on any atom is -0.496 e. The largest absolute Gasteiger partial charge is 0.496 e. The molecule has 240 valence electrons. The number of hydrogen-bond donors (Lipinski definition) is 3. The average Bonchev–Trinajstić information content (AvgIpc) is 3.92. The molecule has 0 unspecified atom stereocenters. The number of aryl methyl sites for hydroxylation is 2. The van der Waals surface area contributed by atoms with Gasteiger partial charge in [-0.1, -0.05) is 17.7 Å². The van der Waals surface area contributed by atoms with E-state index in [1.807, 2.05) is 61.4 Å². The van der Waals surface area contributed by atoms with Gasteiger partial charge in [-0.05, 0) is 84.1 Å². The van der Waals surface area contributed by atoms with Gasteiger partial charge < -0.3 is 14.7 Å². The van der Waals surface area contributed by atoms with E-state index in [-0.39, 0.29) is 5.56 Å². The fourth-order valence-electron chi connectivity index (χ4n) is 7.09. The second-order valence-electron chi connectivity index (χ2n) is 12.4. The van der Waals surface area contributed by atoms with Gasteiger partial charge in [0.05, 0.1) is 53.3 Å². The van der Waals surface area contributed by atoms with Crippen molar-refractivity contribution in [3.05, 3.63) is 127 Å². The molecule has 4 aromatic heterocycles. The molecule has 0 aliphatic heterocycles. The summed E-state index contributed by atoms with van der Waals surface area (Å²) in [5.41, 5.74) is 9.96. The Labute approximate surface area is 284 Å². The molecular weight excluding hydrogens is 636 g/mol. The Morgan fingerprint density at radius 1 is 0.857 bits per heavy atom. The number of rotatable bonds is 7. The number of aromatic nitrogens is 6. The van der Waals surface area contributed by atoms with Crippen LogP contribution in [0.25, 0.3) is 43.6 Å². The molecule has 0 bridgehead atoms. The first-order valence-electron chi connectivity index (χ1n) is 15.7. The minimum atomic E-state index is -0.177. The molecule has 11 heteroatoms. The number of ether oxygens (including phenoxy) is 1. The van der Waals surface area contributed by atoms with Gasteiger partial charge in [-0.15, -0.1) is 0 Å². The van der Waals surface area contributed by atoms with E-state index in [0.29, 0.717) is 52.1 Å². The van der Waals surface area contributed by atoms with E-state index in [4.69, 9.17) is 21.4 Å². The van der Waals surface area contributed by atoms with Crippen molar-refractivity contribution in [3.8, 4) is 17.9 Å². The second-order valence-corrected chi connectivity index (χ2v) is 12.8. The van der Waals surface area contributed by atoms with E-state index < -0.39 is 0 Å². The van der Waals surface area contributed by atoms with Crippen molar-refractivity contribution in [2.24, 2.45) is 0 Å². The van der Waals surface area contributed by atoms with E-state index >= 15 is 0 Å². The summed E-state index contributed by atoms with van der Waals surface area (Å²) in [5, 5.41) is 31.1. The topological polar surface area (TPSA) is 144 Å². The first-order valence-corrected chi connectivity index (χ1v) is 16.1. The predicted octanol–water partition coefficient (Wildman–Crippen LogP) is 7.35. The van der Waals surface area contributed by atoms with Gasteiger partial charge in [0.25, 0.3) is 5.56 Å². The van der Waals surface area contributed by atoms with Crippen LogP contribution in [0.15, 0.2) is 71.9 Å². The SMILES string of the molecule is COc1cc(C)c2[nH]ccc2c1Cn1cc2c(Cc3cc(C)c(Cn4[nH]c5ccc(C#N)cc5c4=O)c4cc[nH]c34)cc(C#N)c(Cl)c2n1. The van der Waals surface area contributed by atoms with Crippen LogP contribution in [-0.2, 0) is 19.5 Å². The van der Waals surface area contributed by atoms with Crippen LogP contribution >= 0.6 is 11.6 Å². The van der Waals surface area contributed by atoms with Crippen molar-refractivity contribution in [1.82, 2.24) is 29.5 Å². The Morgan fingerprint density at radius 3 is 2.39 bits per heavy atom. The van der Waals surface area contributed by atoms with E-state index in [1.165, 1.54) is 0 Å². The number of benzene rings is 4. The first-order chi connectivity index (χ1) is 23.8. The minimum absolute atomic E-state index is 0.177. The number of aromatic amines is 3. The molecule has 0 atom stereocenters. The van der Waals surface area contributed by atoms with Crippen LogP contribution in [0.1, 0.15) is 44.5 Å². The summed E-state index contributed by atoms with van der Waals surface area (Å²) in [6.45, 7) is 4.87. The molecule has 0 radical (unpaired) electrons. The van der Waals surface area contributed by atoms with Gasteiger partial charge in [-0.2, -0.15) is 15.6 Å². The number of nitrogens with zero attached hydrogens (tertiary/aromatic N) is 5. The Kier molecular flexibility index (Phi) is 7.06. The zero-order valence-corrected chi connectivity index (χ0v) is 27.7. The van der Waals surface area contributed by atoms with Crippen molar-refractivity contribution < 1.29 is 4.74 Å². The molecule has 49 heavy (non-hydrogen) atoms. The summed E-state index contributed by atoms with van der Waals surface area (Å²) in [6.07, 6.45) is 6.33. The van der Waals surface area contributed by atoms with Gasteiger partial charge in [0.15, 0.2) is 0 Å². The third-order valence-electron chi connectivity index (χ3n) is 9.48. The summed E-state index contributed by atoms with van der Waals surface area (Å²) >= 11 is 6.77. The van der Waals surface area contributed by atoms with Crippen LogP contribution in [0, 0.1) is 36.5 Å². The molecule has 3 N–H and O–H groups in total. The third-order valence-corrected chi connectivity index (χ3v) is 9.86. The maximum absolute atomic E-state index is 13.3. The van der Waals surface area contributed by atoms with Crippen molar-refractivity contribution in [2.75, 3.05) is 7.11 Å². The molecule has 0 amide bonds. The lowest BCUT2D eigenvalue weighted by molar-refractivity contribution is 0.408. The number of methoxy groups -OCH3 is 1. The normalized spacial score (nSPS) is 11.6. The van der Waals surface area contributed by atoms with Crippen molar-refractivity contribution in [3.63, 3.8) is 0 Å². The fourth-order valence-corrected chi connectivity index (χ4v) is 7.32. The Bertz CT molecular complexity index is 2780. The molecule has 0 spiro atoms. The fraction of sp³-hybridized carbons (Fsp3) is 0.158. The molecule has 0 fully saturated rings. The van der Waals surface area contributed by atoms with Gasteiger partial charge in [-0.3, -0.25) is 14.6 Å². The van der Waals surface area contributed by atoms with E-state index in [9.17, 15) is 15.3 Å². The Hall–Kier alpha value is -6.23. The molecule has 4 heterocycles. The summed E-state index contributed by atoms with van der Waals surface area (Å²) in [5.74, 6) is 0.777. The van der Waals surface area contributed by atoms with Gasteiger partial charge in [0.2, 0.25) is 0 Å². The van der Waals surface area contributed by atoms with E-state index in [1.54, 1.807) is 30.0 Å². The highest BCUT2D eigenvalue weighted by atomic mass is 35.5. The monoisotopic (exact) mass is 664 g/mol. The van der Waals surface area contributed by atoms with Crippen LogP contribution in [-0.4, -0.2) is 36.6 Å². The predicted molar refractivity (Wildman–Crippen MR) is 190 cm³/mol. The molecule has 8 rings (SSSR count). The van der Waals surface area contributed by atoms with Crippen LogP contribution < -0.4 is 10.3 Å². The van der Waals surface area contributed by atoms with Crippen molar-refractivity contribution in [1.29, 1.82) is 10.5 Å². The van der Waals surface area contributed by atoms with Crippen molar-refractivity contribution in [2.45, 2.75) is 33.4 Å². The molecule has 0 aliphatic rings. The maximum Gasteiger partial charge on any atom is 0.274 e. The van der Waals surface area contributed by atoms with Gasteiger partial charge in [-0.25, -0.2) is 4.68 Å². The summed E-state index contributed by atoms with van der Waals surface area (Å²) in [7, 11) is 1.67. The second kappa shape index (κ2) is 11.5. The van der Waals surface area contributed by atoms with Crippen LogP contribution in [0.4, 0.5) is 0 Å². The lowest BCUT2D eigenvalue weighted by atomic mass is 9.94. The number of fused-ring (bicyclic) bond motifs is 4. The lowest BCUT2D eigenvalue weighted by Gasteiger charge is -2.13. The summed E-state index contributed by atoms with van der Waals surface area (Å²) < 4.78 is 9.22. The third kappa shape index (κ3) is 4.85. The zero-order chi connectivity index (χ0) is 34.0. The summed E-state index contributed by atoms with van der Waals surface area (Å²) in [6, 6.07) is 19.5. The van der Waals surface area contributed by atoms with Crippen LogP contribution in [0.3, 0.4) is 0 Å². The standard InChI is InChI=1S/C38H29ClN8O2/c1-20-10-24(36-26(6-9-43-36)29(20)19-47-38(48)28-12-22(15-40)4-5-32(28)44-47)13-23-14-25(16-41)34(39)37-30(23)17-46(45-37)18-31-27-7-8-42-35(27)21(2)11-33(31)49-3/h4-12,14,17,42-44H,13,18-19H2,1-3H3. The molecular formula is C38H29ClN8O2. The van der Waals surface area contributed by atoms with Gasteiger partial charge in [0, 0.05) is 57.8 Å².